The van der Waals surface area contributed by atoms with Crippen LogP contribution in [0.15, 0.2) is 34.3 Å². The molecule has 9 atom stereocenters. The Balaban J connectivity index is 1.90. The molecule has 2 saturated carbocycles. The highest BCUT2D eigenvalue weighted by atomic mass is 28.4. The molecule has 1 saturated heterocycles. The van der Waals surface area contributed by atoms with Crippen LogP contribution in [-0.2, 0) is 37.8 Å². The number of furan rings is 1. The molecule has 0 aromatic carbocycles. The Morgan fingerprint density at radius 1 is 1.06 bits per heavy atom. The molecule has 2 bridgehead atoms. The lowest BCUT2D eigenvalue weighted by molar-refractivity contribution is -0.344. The summed E-state index contributed by atoms with van der Waals surface area (Å²) in [4.78, 5) is 55.1. The van der Waals surface area contributed by atoms with E-state index in [9.17, 15) is 24.6 Å². The number of Topliss-reactive ketones (excluding diaryl/α,β-unsaturated/α-hetero) is 1. The summed E-state index contributed by atoms with van der Waals surface area (Å²) in [5, 5.41) is 24.7. The Bertz CT molecular complexity index is 1470. The largest absolute Gasteiger partial charge is 0.472 e. The monoisotopic (exact) mass is 690 g/mol. The van der Waals surface area contributed by atoms with Crippen LogP contribution in [0.2, 0.25) is 18.1 Å². The standard InChI is InChI=1S/C35H50O12Si/c1-10-48(11-2,12-3)47-24-15-25-34(18-43-25,46-21(6)37)28-30(45-31(40)22-13-14-42-17-22)35(41)16-23(38)19(4)26(32(35,7)8)27(44-20(5)36)29(39)33(24,28)9/h13-14,17,19,23-25,28,30,38,41H,10-12,15-16,18H2,1-9H3/t19?,23-,24-,25+,28-,30-,33+,34-,35+/m0/s1. The molecule has 0 spiro atoms. The quantitative estimate of drug-likeness (QED) is 0.212. The van der Waals surface area contributed by atoms with E-state index in [1.165, 1.54) is 32.4 Å². The average Bonchev–Trinajstić information content (AvgIpc) is 3.56. The summed E-state index contributed by atoms with van der Waals surface area (Å²) in [5.41, 5.74) is -6.47. The predicted molar refractivity (Wildman–Crippen MR) is 173 cm³/mol. The molecule has 2 heterocycles. The number of aliphatic hydroxyl groups excluding tert-OH is 1. The number of ether oxygens (including phenoxy) is 4. The van der Waals surface area contributed by atoms with E-state index in [1.807, 2.05) is 0 Å². The van der Waals surface area contributed by atoms with E-state index in [0.29, 0.717) is 0 Å². The maximum atomic E-state index is 15.6. The van der Waals surface area contributed by atoms with Crippen LogP contribution in [0.5, 0.6) is 0 Å². The fraction of sp³-hybridized carbons (Fsp3) is 0.714. The normalized spacial score (nSPS) is 37.3. The Hall–Kier alpha value is -2.84. The van der Waals surface area contributed by atoms with Gasteiger partial charge in [0.15, 0.2) is 19.7 Å². The Morgan fingerprint density at radius 3 is 2.21 bits per heavy atom. The van der Waals surface area contributed by atoms with Crippen molar-refractivity contribution in [2.45, 2.75) is 129 Å². The van der Waals surface area contributed by atoms with E-state index >= 15 is 4.79 Å². The Labute approximate surface area is 282 Å². The van der Waals surface area contributed by atoms with Crippen LogP contribution in [0.1, 0.15) is 85.5 Å². The van der Waals surface area contributed by atoms with E-state index in [-0.39, 0.29) is 36.3 Å². The van der Waals surface area contributed by atoms with Crippen molar-refractivity contribution in [3.63, 3.8) is 0 Å². The van der Waals surface area contributed by atoms with Gasteiger partial charge in [-0.25, -0.2) is 4.79 Å². The number of hydrogen-bond donors (Lipinski definition) is 2. The van der Waals surface area contributed by atoms with Gasteiger partial charge in [-0.05, 0) is 36.7 Å². The van der Waals surface area contributed by atoms with Crippen molar-refractivity contribution in [2.75, 3.05) is 6.61 Å². The summed E-state index contributed by atoms with van der Waals surface area (Å²) in [7, 11) is -2.48. The SMILES string of the molecule is CC[Si](CC)(CC)O[C@H]1C[C@H]2OC[C@@]2(OC(C)=O)[C@H]2[C@H](OC(=O)c3ccoc3)[C@]3(O)C[C@H](O)C(C)C(=C(OC(C)=O)C(=O)[C@]12C)C3(C)C. The topological polar surface area (TPSA) is 168 Å². The summed E-state index contributed by atoms with van der Waals surface area (Å²) in [6, 6.07) is 3.68. The first-order valence-electron chi connectivity index (χ1n) is 17.0. The lowest BCUT2D eigenvalue weighted by Gasteiger charge is -2.68. The molecule has 0 radical (unpaired) electrons. The zero-order valence-electron chi connectivity index (χ0n) is 29.4. The first-order valence-corrected chi connectivity index (χ1v) is 19.5. The molecule has 266 valence electrons. The Morgan fingerprint density at radius 2 is 1.71 bits per heavy atom. The van der Waals surface area contributed by atoms with Crippen LogP contribution in [0.3, 0.4) is 0 Å². The van der Waals surface area contributed by atoms with Gasteiger partial charge in [0.2, 0.25) is 5.78 Å². The molecule has 2 N–H and O–H groups in total. The molecule has 1 aliphatic heterocycles. The summed E-state index contributed by atoms with van der Waals surface area (Å²) >= 11 is 0. The smallest absolute Gasteiger partial charge is 0.341 e. The van der Waals surface area contributed by atoms with E-state index in [1.54, 1.807) is 27.7 Å². The van der Waals surface area contributed by atoms with E-state index in [4.69, 9.17) is 27.8 Å². The van der Waals surface area contributed by atoms with Crippen molar-refractivity contribution in [3.8, 4) is 0 Å². The number of aliphatic hydroxyl groups is 2. The highest BCUT2D eigenvalue weighted by Crippen LogP contribution is 2.65. The molecule has 1 aromatic heterocycles. The van der Waals surface area contributed by atoms with Gasteiger partial charge in [0.05, 0.1) is 42.0 Å². The summed E-state index contributed by atoms with van der Waals surface area (Å²) in [6.45, 7) is 15.2. The first-order chi connectivity index (χ1) is 22.4. The summed E-state index contributed by atoms with van der Waals surface area (Å²) < 4.78 is 36.8. The van der Waals surface area contributed by atoms with Gasteiger partial charge in [-0.15, -0.1) is 0 Å². The van der Waals surface area contributed by atoms with Crippen LogP contribution >= 0.6 is 0 Å². The van der Waals surface area contributed by atoms with Crippen molar-refractivity contribution in [2.24, 2.45) is 22.7 Å². The third-order valence-electron chi connectivity index (χ3n) is 12.2. The number of carbonyl (C=O) groups excluding carboxylic acids is 4. The van der Waals surface area contributed by atoms with Crippen LogP contribution in [0.25, 0.3) is 0 Å². The van der Waals surface area contributed by atoms with Gasteiger partial charge >= 0.3 is 17.9 Å². The minimum Gasteiger partial charge on any atom is -0.472 e. The van der Waals surface area contributed by atoms with Crippen LogP contribution in [0, 0.1) is 22.7 Å². The third kappa shape index (κ3) is 5.23. The molecule has 5 rings (SSSR count). The van der Waals surface area contributed by atoms with Gasteiger partial charge in [-0.2, -0.15) is 0 Å². The zero-order chi connectivity index (χ0) is 35.6. The van der Waals surface area contributed by atoms with E-state index in [0.717, 1.165) is 18.1 Å². The number of rotatable bonds is 9. The molecule has 3 fully saturated rings. The van der Waals surface area contributed by atoms with Crippen molar-refractivity contribution in [1.82, 2.24) is 0 Å². The zero-order valence-corrected chi connectivity index (χ0v) is 30.4. The van der Waals surface area contributed by atoms with E-state index in [2.05, 4.69) is 20.8 Å². The van der Waals surface area contributed by atoms with Gasteiger partial charge in [0, 0.05) is 38.0 Å². The van der Waals surface area contributed by atoms with Crippen molar-refractivity contribution in [1.29, 1.82) is 0 Å². The van der Waals surface area contributed by atoms with Crippen LogP contribution in [-0.4, -0.2) is 84.4 Å². The van der Waals surface area contributed by atoms with Crippen LogP contribution < -0.4 is 0 Å². The molecular formula is C35H50O12Si. The fourth-order valence-electron chi connectivity index (χ4n) is 9.15. The summed E-state index contributed by atoms with van der Waals surface area (Å²) in [6.07, 6.45) is -2.03. The minimum absolute atomic E-state index is 0.0634. The highest BCUT2D eigenvalue weighted by molar-refractivity contribution is 6.73. The molecule has 0 amide bonds. The lowest BCUT2D eigenvalue weighted by atomic mass is 9.45. The second-order valence-electron chi connectivity index (χ2n) is 14.8. The van der Waals surface area contributed by atoms with Gasteiger partial charge in [-0.3, -0.25) is 14.4 Å². The molecule has 1 aromatic rings. The predicted octanol–water partition coefficient (Wildman–Crippen LogP) is 4.48. The molecule has 13 heteroatoms. The molecule has 1 unspecified atom stereocenters. The molecular weight excluding hydrogens is 640 g/mol. The number of ketones is 1. The van der Waals surface area contributed by atoms with Gasteiger partial charge in [-0.1, -0.05) is 41.5 Å². The Kier molecular flexibility index (Phi) is 9.48. The minimum atomic E-state index is -2.48. The number of allylic oxidation sites excluding steroid dienone is 1. The van der Waals surface area contributed by atoms with Gasteiger partial charge < -0.3 is 38.0 Å². The van der Waals surface area contributed by atoms with Crippen molar-refractivity contribution in [3.05, 3.63) is 35.5 Å². The fourth-order valence-corrected chi connectivity index (χ4v) is 12.1. The lowest BCUT2D eigenvalue weighted by Crippen LogP contribution is -2.81. The second kappa shape index (κ2) is 12.5. The number of fused-ring (bicyclic) bond motifs is 5. The first kappa shape index (κ1) is 36.4. The van der Waals surface area contributed by atoms with Gasteiger partial charge in [0.25, 0.3) is 0 Å². The highest BCUT2D eigenvalue weighted by Gasteiger charge is 2.78. The third-order valence-corrected chi connectivity index (χ3v) is 16.9. The maximum absolute atomic E-state index is 15.6. The van der Waals surface area contributed by atoms with Crippen LogP contribution in [0.4, 0.5) is 0 Å². The molecule has 4 aliphatic rings. The van der Waals surface area contributed by atoms with Gasteiger partial charge in [0.1, 0.15) is 24.1 Å². The van der Waals surface area contributed by atoms with Crippen molar-refractivity contribution >= 4 is 32.0 Å². The number of esters is 3. The number of hydrogen-bond acceptors (Lipinski definition) is 12. The van der Waals surface area contributed by atoms with E-state index < -0.39 is 90.3 Å². The second-order valence-corrected chi connectivity index (χ2v) is 19.5. The molecule has 48 heavy (non-hydrogen) atoms. The average molecular weight is 691 g/mol. The molecule has 3 aliphatic carbocycles. The van der Waals surface area contributed by atoms with Crippen molar-refractivity contribution < 1.29 is 57.2 Å². The molecule has 12 nitrogen and oxygen atoms in total. The maximum Gasteiger partial charge on any atom is 0.341 e. The number of carbonyl (C=O) groups is 4. The summed E-state index contributed by atoms with van der Waals surface area (Å²) in [5.74, 6) is -5.16.